The summed E-state index contributed by atoms with van der Waals surface area (Å²) < 4.78 is 6.92. The number of rotatable bonds is 7. The van der Waals surface area contributed by atoms with Crippen molar-refractivity contribution in [2.45, 2.75) is 33.7 Å². The van der Waals surface area contributed by atoms with Gasteiger partial charge >= 0.3 is 0 Å². The second-order valence-electron chi connectivity index (χ2n) is 4.63. The normalized spacial score (nSPS) is 10.9. The first kappa shape index (κ1) is 14.5. The zero-order valence-electron chi connectivity index (χ0n) is 10.9. The number of ether oxygens (including phenoxy) is 1. The molecule has 17 heavy (non-hydrogen) atoms. The third-order valence-electron chi connectivity index (χ3n) is 2.34. The van der Waals surface area contributed by atoms with Crippen LogP contribution in [0.15, 0.2) is 22.7 Å². The highest BCUT2D eigenvalue weighted by atomic mass is 79.9. The third-order valence-corrected chi connectivity index (χ3v) is 2.83. The van der Waals surface area contributed by atoms with Crippen molar-refractivity contribution in [3.05, 3.63) is 28.2 Å². The van der Waals surface area contributed by atoms with Gasteiger partial charge in [0.05, 0.1) is 6.61 Å². The molecule has 0 atom stereocenters. The van der Waals surface area contributed by atoms with Gasteiger partial charge in [0, 0.05) is 16.6 Å². The van der Waals surface area contributed by atoms with E-state index >= 15 is 0 Å². The van der Waals surface area contributed by atoms with Crippen LogP contribution < -0.4 is 10.1 Å². The highest BCUT2D eigenvalue weighted by Gasteiger charge is 2.05. The van der Waals surface area contributed by atoms with Gasteiger partial charge in [-0.25, -0.2) is 0 Å². The van der Waals surface area contributed by atoms with Gasteiger partial charge in [0.1, 0.15) is 5.75 Å². The quantitative estimate of drug-likeness (QED) is 0.769. The van der Waals surface area contributed by atoms with Crippen molar-refractivity contribution < 1.29 is 4.74 Å². The minimum Gasteiger partial charge on any atom is -0.493 e. The lowest BCUT2D eigenvalue weighted by Gasteiger charge is -2.14. The molecule has 0 aliphatic carbocycles. The molecule has 2 nitrogen and oxygen atoms in total. The van der Waals surface area contributed by atoms with E-state index in [1.807, 2.05) is 12.1 Å². The molecule has 0 aliphatic heterocycles. The summed E-state index contributed by atoms with van der Waals surface area (Å²) >= 11 is 3.50. The van der Waals surface area contributed by atoms with Crippen LogP contribution in [0.5, 0.6) is 5.75 Å². The first-order valence-corrected chi connectivity index (χ1v) is 7.04. The van der Waals surface area contributed by atoms with Crippen molar-refractivity contribution in [1.29, 1.82) is 0 Å². The monoisotopic (exact) mass is 299 g/mol. The number of hydrogen-bond acceptors (Lipinski definition) is 2. The molecule has 96 valence electrons. The molecule has 3 heteroatoms. The minimum atomic E-state index is 0.551. The molecule has 0 aliphatic rings. The van der Waals surface area contributed by atoms with Crippen molar-refractivity contribution in [2.24, 2.45) is 5.92 Å². The SMILES string of the molecule is CCCNCc1cc(Br)ccc1OCC(C)C. The smallest absolute Gasteiger partial charge is 0.123 e. The molecule has 0 fully saturated rings. The Morgan fingerprint density at radius 2 is 2.12 bits per heavy atom. The van der Waals surface area contributed by atoms with E-state index in [4.69, 9.17) is 4.74 Å². The van der Waals surface area contributed by atoms with Crippen LogP contribution in [0.25, 0.3) is 0 Å². The largest absolute Gasteiger partial charge is 0.493 e. The Morgan fingerprint density at radius 1 is 1.35 bits per heavy atom. The summed E-state index contributed by atoms with van der Waals surface area (Å²) in [6, 6.07) is 6.19. The summed E-state index contributed by atoms with van der Waals surface area (Å²) in [6.45, 7) is 9.16. The van der Waals surface area contributed by atoms with E-state index in [9.17, 15) is 0 Å². The summed E-state index contributed by atoms with van der Waals surface area (Å²) in [5.41, 5.74) is 1.22. The van der Waals surface area contributed by atoms with Crippen molar-refractivity contribution >= 4 is 15.9 Å². The number of nitrogens with one attached hydrogen (secondary N) is 1. The molecule has 0 saturated heterocycles. The van der Waals surface area contributed by atoms with Crippen LogP contribution in [0.1, 0.15) is 32.8 Å². The van der Waals surface area contributed by atoms with Gasteiger partial charge in [-0.2, -0.15) is 0 Å². The zero-order valence-corrected chi connectivity index (χ0v) is 12.5. The molecule has 0 spiro atoms. The Balaban J connectivity index is 2.66. The van der Waals surface area contributed by atoms with Crippen LogP contribution in [0.2, 0.25) is 0 Å². The number of hydrogen-bond donors (Lipinski definition) is 1. The molecule has 0 radical (unpaired) electrons. The second-order valence-corrected chi connectivity index (χ2v) is 5.55. The maximum atomic E-state index is 5.82. The lowest BCUT2D eigenvalue weighted by atomic mass is 10.2. The Morgan fingerprint density at radius 3 is 2.76 bits per heavy atom. The Bertz CT molecular complexity index is 339. The number of halogens is 1. The molecular formula is C14H22BrNO. The van der Waals surface area contributed by atoms with Crippen LogP contribution in [0, 0.1) is 5.92 Å². The molecule has 0 bridgehead atoms. The van der Waals surface area contributed by atoms with Gasteiger partial charge in [-0.05, 0) is 37.1 Å². The average molecular weight is 300 g/mol. The average Bonchev–Trinajstić information content (AvgIpc) is 2.28. The third kappa shape index (κ3) is 5.55. The molecule has 0 saturated carbocycles. The van der Waals surface area contributed by atoms with Gasteiger partial charge in [0.2, 0.25) is 0 Å². The molecule has 0 aromatic heterocycles. The van der Waals surface area contributed by atoms with Crippen molar-refractivity contribution in [3.8, 4) is 5.75 Å². The topological polar surface area (TPSA) is 21.3 Å². The van der Waals surface area contributed by atoms with E-state index in [-0.39, 0.29) is 0 Å². The molecular weight excluding hydrogens is 278 g/mol. The zero-order chi connectivity index (χ0) is 12.7. The van der Waals surface area contributed by atoms with E-state index in [0.29, 0.717) is 5.92 Å². The maximum absolute atomic E-state index is 5.82. The molecule has 0 heterocycles. The van der Waals surface area contributed by atoms with Crippen LogP contribution in [0.4, 0.5) is 0 Å². The molecule has 1 aromatic carbocycles. The fourth-order valence-corrected chi connectivity index (χ4v) is 1.89. The van der Waals surface area contributed by atoms with Gasteiger partial charge in [-0.3, -0.25) is 0 Å². The van der Waals surface area contributed by atoms with Gasteiger partial charge in [-0.15, -0.1) is 0 Å². The lowest BCUT2D eigenvalue weighted by molar-refractivity contribution is 0.268. The highest BCUT2D eigenvalue weighted by Crippen LogP contribution is 2.23. The van der Waals surface area contributed by atoms with Crippen molar-refractivity contribution in [2.75, 3.05) is 13.2 Å². The van der Waals surface area contributed by atoms with Gasteiger partial charge in [-0.1, -0.05) is 36.7 Å². The minimum absolute atomic E-state index is 0.551. The summed E-state index contributed by atoms with van der Waals surface area (Å²) in [4.78, 5) is 0. The van der Waals surface area contributed by atoms with E-state index in [1.54, 1.807) is 0 Å². The predicted octanol–water partition coefficient (Wildman–Crippen LogP) is 3.98. The number of benzene rings is 1. The fraction of sp³-hybridized carbons (Fsp3) is 0.571. The van der Waals surface area contributed by atoms with Crippen LogP contribution in [0.3, 0.4) is 0 Å². The maximum Gasteiger partial charge on any atom is 0.123 e. The molecule has 1 N–H and O–H groups in total. The van der Waals surface area contributed by atoms with Crippen LogP contribution in [-0.4, -0.2) is 13.2 Å². The summed E-state index contributed by atoms with van der Waals surface area (Å²) in [7, 11) is 0. The lowest BCUT2D eigenvalue weighted by Crippen LogP contribution is -2.15. The second kappa shape index (κ2) is 7.72. The highest BCUT2D eigenvalue weighted by molar-refractivity contribution is 9.10. The van der Waals surface area contributed by atoms with Gasteiger partial charge in [0.25, 0.3) is 0 Å². The summed E-state index contributed by atoms with van der Waals surface area (Å²) in [5.74, 6) is 1.54. The molecule has 1 rings (SSSR count). The Kier molecular flexibility index (Phi) is 6.60. The van der Waals surface area contributed by atoms with E-state index in [2.05, 4.69) is 48.1 Å². The van der Waals surface area contributed by atoms with E-state index < -0.39 is 0 Å². The van der Waals surface area contributed by atoms with Gasteiger partial charge in [0.15, 0.2) is 0 Å². The van der Waals surface area contributed by atoms with Crippen molar-refractivity contribution in [1.82, 2.24) is 5.32 Å². The van der Waals surface area contributed by atoms with E-state index in [1.165, 1.54) is 5.56 Å². The fourth-order valence-electron chi connectivity index (χ4n) is 1.48. The van der Waals surface area contributed by atoms with Crippen LogP contribution >= 0.6 is 15.9 Å². The summed E-state index contributed by atoms with van der Waals surface area (Å²) in [6.07, 6.45) is 1.15. The first-order chi connectivity index (χ1) is 8.13. The standard InChI is InChI=1S/C14H22BrNO/c1-4-7-16-9-12-8-13(15)5-6-14(12)17-10-11(2)3/h5-6,8,11,16H,4,7,9-10H2,1-3H3. The van der Waals surface area contributed by atoms with Crippen molar-refractivity contribution in [3.63, 3.8) is 0 Å². The predicted molar refractivity (Wildman–Crippen MR) is 76.5 cm³/mol. The Labute approximate surface area is 113 Å². The molecule has 0 unspecified atom stereocenters. The molecule has 1 aromatic rings. The van der Waals surface area contributed by atoms with Crippen LogP contribution in [-0.2, 0) is 6.54 Å². The first-order valence-electron chi connectivity index (χ1n) is 6.25. The Hall–Kier alpha value is -0.540. The molecule has 0 amide bonds. The summed E-state index contributed by atoms with van der Waals surface area (Å²) in [5, 5.41) is 3.41. The van der Waals surface area contributed by atoms with Gasteiger partial charge < -0.3 is 10.1 Å². The van der Waals surface area contributed by atoms with E-state index in [0.717, 1.165) is 36.3 Å².